The second-order valence-electron chi connectivity index (χ2n) is 9.87. The van der Waals surface area contributed by atoms with Crippen LogP contribution < -0.4 is 10.3 Å². The molecule has 2 heterocycles. The molecule has 0 saturated heterocycles. The summed E-state index contributed by atoms with van der Waals surface area (Å²) in [5.74, 6) is 1.55. The number of hydrogen-bond acceptors (Lipinski definition) is 4. The number of aryl methyl sites for hydroxylation is 1. The quantitative estimate of drug-likeness (QED) is 0.157. The maximum atomic E-state index is 13.5. The van der Waals surface area contributed by atoms with E-state index in [-0.39, 0.29) is 11.5 Å². The molecule has 0 N–H and O–H groups in total. The van der Waals surface area contributed by atoms with Crippen LogP contribution in [0.2, 0.25) is 0 Å². The number of rotatable bonds is 8. The predicted molar refractivity (Wildman–Crippen MR) is 169 cm³/mol. The van der Waals surface area contributed by atoms with Gasteiger partial charge in [-0.2, -0.15) is 9.78 Å². The topological polar surface area (TPSA) is 61.4 Å². The molecule has 8 heteroatoms. The van der Waals surface area contributed by atoms with E-state index in [4.69, 9.17) is 9.72 Å². The maximum Gasteiger partial charge on any atom is 0.282 e. The fraction of sp³-hybridized carbons (Fsp3) is 0.219. The van der Waals surface area contributed by atoms with E-state index in [0.717, 1.165) is 49.3 Å². The third-order valence-electron chi connectivity index (χ3n) is 7.08. The van der Waals surface area contributed by atoms with Gasteiger partial charge in [0, 0.05) is 37.5 Å². The molecule has 0 spiro atoms. The number of nitrogens with zero attached hydrogens (tertiary/aromatic N) is 4. The minimum atomic E-state index is -0.176. The van der Waals surface area contributed by atoms with Crippen molar-refractivity contribution in [3.63, 3.8) is 0 Å². The van der Waals surface area contributed by atoms with Gasteiger partial charge in [-0.05, 0) is 86.5 Å². The van der Waals surface area contributed by atoms with Gasteiger partial charge in [-0.15, -0.1) is 0 Å². The van der Waals surface area contributed by atoms with E-state index < -0.39 is 0 Å². The zero-order valence-corrected chi connectivity index (χ0v) is 26.0. The Morgan fingerprint density at radius 2 is 1.68 bits per heavy atom. The van der Waals surface area contributed by atoms with Crippen molar-refractivity contribution in [2.24, 2.45) is 5.10 Å². The van der Waals surface area contributed by atoms with E-state index in [0.29, 0.717) is 23.3 Å². The van der Waals surface area contributed by atoms with E-state index in [9.17, 15) is 4.79 Å². The first-order valence-electron chi connectivity index (χ1n) is 13.2. The summed E-state index contributed by atoms with van der Waals surface area (Å²) in [6, 6.07) is 23.8. The summed E-state index contributed by atoms with van der Waals surface area (Å²) in [6.07, 6.45) is 2.61. The van der Waals surface area contributed by atoms with Crippen LogP contribution in [-0.4, -0.2) is 20.4 Å². The summed E-state index contributed by atoms with van der Waals surface area (Å²) in [5.41, 5.74) is 5.67. The fourth-order valence-electron chi connectivity index (χ4n) is 4.65. The van der Waals surface area contributed by atoms with Crippen LogP contribution in [-0.2, 0) is 6.61 Å². The number of benzene rings is 3. The van der Waals surface area contributed by atoms with Gasteiger partial charge < -0.3 is 9.30 Å². The van der Waals surface area contributed by atoms with Crippen molar-refractivity contribution in [1.82, 2.24) is 14.2 Å². The van der Waals surface area contributed by atoms with E-state index >= 15 is 0 Å². The van der Waals surface area contributed by atoms with Crippen LogP contribution in [0.3, 0.4) is 0 Å². The second kappa shape index (κ2) is 11.9. The molecule has 0 amide bonds. The van der Waals surface area contributed by atoms with E-state index in [1.165, 1.54) is 4.68 Å². The van der Waals surface area contributed by atoms with Crippen LogP contribution in [0.1, 0.15) is 54.5 Å². The number of fused-ring (bicyclic) bond motifs is 1. The Labute approximate surface area is 250 Å². The summed E-state index contributed by atoms with van der Waals surface area (Å²) in [7, 11) is 0. The predicted octanol–water partition coefficient (Wildman–Crippen LogP) is 8.30. The Bertz CT molecular complexity index is 1750. The number of ether oxygens (including phenoxy) is 1. The highest BCUT2D eigenvalue weighted by Crippen LogP contribution is 2.24. The Morgan fingerprint density at radius 3 is 2.38 bits per heavy atom. The van der Waals surface area contributed by atoms with Crippen molar-refractivity contribution in [1.29, 1.82) is 0 Å². The number of hydrogen-bond donors (Lipinski definition) is 0. The van der Waals surface area contributed by atoms with Gasteiger partial charge in [0.1, 0.15) is 18.2 Å². The molecule has 204 valence electrons. The molecule has 5 rings (SSSR count). The average molecular weight is 662 g/mol. The first-order valence-corrected chi connectivity index (χ1v) is 14.8. The molecule has 5 aromatic rings. The molecular weight excluding hydrogens is 632 g/mol. The minimum Gasteiger partial charge on any atom is -0.489 e. The molecule has 0 saturated carbocycles. The Kier molecular flexibility index (Phi) is 8.38. The summed E-state index contributed by atoms with van der Waals surface area (Å²) < 4.78 is 11.5. The van der Waals surface area contributed by atoms with Crippen LogP contribution in [0.4, 0.5) is 0 Å². The number of halogens is 2. The fourth-order valence-corrected chi connectivity index (χ4v) is 5.28. The molecule has 0 radical (unpaired) electrons. The lowest BCUT2D eigenvalue weighted by Gasteiger charge is -2.14. The van der Waals surface area contributed by atoms with Crippen molar-refractivity contribution in [2.75, 3.05) is 0 Å². The van der Waals surface area contributed by atoms with Gasteiger partial charge in [0.25, 0.3) is 5.56 Å². The van der Waals surface area contributed by atoms with Crippen molar-refractivity contribution in [3.05, 3.63) is 120 Å². The van der Waals surface area contributed by atoms with Gasteiger partial charge in [0.05, 0.1) is 17.1 Å². The maximum absolute atomic E-state index is 13.5. The molecule has 0 unspecified atom stereocenters. The van der Waals surface area contributed by atoms with Crippen molar-refractivity contribution >= 4 is 49.0 Å². The molecule has 3 aromatic carbocycles. The van der Waals surface area contributed by atoms with Gasteiger partial charge in [0.15, 0.2) is 0 Å². The van der Waals surface area contributed by atoms with E-state index in [1.807, 2.05) is 48.5 Å². The summed E-state index contributed by atoms with van der Waals surface area (Å²) >= 11 is 6.93. The average Bonchev–Trinajstić information content (AvgIpc) is 3.24. The third-order valence-corrected chi connectivity index (χ3v) is 8.10. The van der Waals surface area contributed by atoms with Gasteiger partial charge in [0.2, 0.25) is 0 Å². The summed E-state index contributed by atoms with van der Waals surface area (Å²) in [4.78, 5) is 18.3. The normalized spacial score (nSPS) is 12.3. The smallest absolute Gasteiger partial charge is 0.282 e. The molecule has 2 aromatic heterocycles. The molecular formula is C32H30Br2N4O2. The van der Waals surface area contributed by atoms with E-state index in [1.54, 1.807) is 12.3 Å². The molecule has 6 nitrogen and oxygen atoms in total. The van der Waals surface area contributed by atoms with Gasteiger partial charge >= 0.3 is 0 Å². The van der Waals surface area contributed by atoms with Crippen LogP contribution in [0, 0.1) is 13.8 Å². The number of aromatic nitrogens is 3. The zero-order valence-electron chi connectivity index (χ0n) is 22.9. The zero-order chi connectivity index (χ0) is 28.4. The Morgan fingerprint density at radius 1 is 0.975 bits per heavy atom. The van der Waals surface area contributed by atoms with Crippen molar-refractivity contribution in [2.45, 2.75) is 46.6 Å². The van der Waals surface area contributed by atoms with Crippen molar-refractivity contribution in [3.8, 4) is 11.4 Å². The Hall–Kier alpha value is -3.49. The molecule has 40 heavy (non-hydrogen) atoms. The lowest BCUT2D eigenvalue weighted by Crippen LogP contribution is -2.23. The highest BCUT2D eigenvalue weighted by Gasteiger charge is 2.16. The monoisotopic (exact) mass is 660 g/mol. The molecule has 0 aliphatic carbocycles. The lowest BCUT2D eigenvalue weighted by molar-refractivity contribution is 0.306. The van der Waals surface area contributed by atoms with Crippen LogP contribution in [0.25, 0.3) is 16.6 Å². The Balaban J connectivity index is 1.43. The first-order chi connectivity index (χ1) is 19.2. The molecule has 0 bridgehead atoms. The lowest BCUT2D eigenvalue weighted by atomic mass is 10.1. The van der Waals surface area contributed by atoms with E-state index in [2.05, 4.69) is 87.4 Å². The molecule has 0 fully saturated rings. The van der Waals surface area contributed by atoms with Crippen molar-refractivity contribution < 1.29 is 4.74 Å². The minimum absolute atomic E-state index is 0.0785. The second-order valence-corrected chi connectivity index (χ2v) is 11.7. The highest BCUT2D eigenvalue weighted by atomic mass is 79.9. The largest absolute Gasteiger partial charge is 0.489 e. The van der Waals surface area contributed by atoms with Crippen LogP contribution >= 0.6 is 31.9 Å². The van der Waals surface area contributed by atoms with Crippen LogP contribution in [0.15, 0.2) is 91.6 Å². The highest BCUT2D eigenvalue weighted by molar-refractivity contribution is 9.10. The SMILES string of the molecule is CC[C@@H](C)c1nc2ccc(Br)cc2c(=O)n1N=Cc1cc(C)n(-c2ccc(OCc3ccc(Br)cc3)cc2)c1C. The van der Waals surface area contributed by atoms with Crippen LogP contribution in [0.5, 0.6) is 5.75 Å². The molecule has 1 atom stereocenters. The van der Waals surface area contributed by atoms with Gasteiger partial charge in [-0.1, -0.05) is 57.8 Å². The molecule has 0 aliphatic rings. The standard InChI is InChI=1S/C32H30Br2N4O2/c1-5-20(2)31-36-30-15-10-26(34)17-29(30)32(39)38(31)35-18-24-16-21(3)37(22(24)4)27-11-13-28(14-12-27)40-19-23-6-8-25(33)9-7-23/h6-18,20H,5,19H2,1-4H3/t20-/m1/s1. The summed E-state index contributed by atoms with van der Waals surface area (Å²) in [6.45, 7) is 8.78. The first kappa shape index (κ1) is 28.1. The summed E-state index contributed by atoms with van der Waals surface area (Å²) in [5, 5.41) is 5.21. The molecule has 0 aliphatic heterocycles. The third kappa shape index (κ3) is 5.83. The van der Waals surface area contributed by atoms with Gasteiger partial charge in [-0.3, -0.25) is 4.79 Å². The van der Waals surface area contributed by atoms with Gasteiger partial charge in [-0.25, -0.2) is 4.98 Å².